The number of ether oxygens (including phenoxy) is 3. The molecule has 3 aromatic rings. The lowest BCUT2D eigenvalue weighted by atomic mass is 9.95. The molecule has 0 aliphatic carbocycles. The number of hydrogen-bond acceptors (Lipinski definition) is 7. The van der Waals surface area contributed by atoms with Gasteiger partial charge in [-0.25, -0.2) is 0 Å². The molecule has 3 aromatic carbocycles. The average molecular weight is 545 g/mol. The molecule has 1 saturated heterocycles. The van der Waals surface area contributed by atoms with Gasteiger partial charge in [-0.3, -0.25) is 9.59 Å². The van der Waals surface area contributed by atoms with Gasteiger partial charge in [-0.05, 0) is 54.5 Å². The van der Waals surface area contributed by atoms with Crippen molar-refractivity contribution in [2.45, 2.75) is 26.5 Å². The third kappa shape index (κ3) is 6.13. The van der Waals surface area contributed by atoms with E-state index < -0.39 is 17.7 Å². The summed E-state index contributed by atoms with van der Waals surface area (Å²) in [6.45, 7) is 7.12. The monoisotopic (exact) mass is 544 g/mol. The van der Waals surface area contributed by atoms with Crippen molar-refractivity contribution in [3.63, 3.8) is 0 Å². The maximum atomic E-state index is 13.4. The maximum absolute atomic E-state index is 13.4. The lowest BCUT2D eigenvalue weighted by Gasteiger charge is -2.28. The van der Waals surface area contributed by atoms with Crippen molar-refractivity contribution in [3.05, 3.63) is 95.1 Å². The van der Waals surface area contributed by atoms with Crippen LogP contribution in [0.4, 0.5) is 0 Å². The Balaban J connectivity index is 1.71. The zero-order chi connectivity index (χ0) is 28.6. The Labute approximate surface area is 235 Å². The summed E-state index contributed by atoms with van der Waals surface area (Å²) in [7, 11) is 3.02. The van der Waals surface area contributed by atoms with E-state index in [-0.39, 0.29) is 11.3 Å². The molecule has 1 amide bonds. The standard InChI is InChI=1S/C32H36N2O6/c1-5-33(6-2)18-19-34-29(23-12-15-25(16-13-23)40-21-22-10-8-7-9-11-22)28(31(36)32(34)37)30(35)24-14-17-26(38-3)27(20-24)39-4/h7-17,20,29,35H,5-6,18-19,21H2,1-4H3/b30-28+. The summed E-state index contributed by atoms with van der Waals surface area (Å²) in [5.41, 5.74) is 2.14. The summed E-state index contributed by atoms with van der Waals surface area (Å²) in [6, 6.07) is 21.3. The van der Waals surface area contributed by atoms with Gasteiger partial charge >= 0.3 is 0 Å². The Kier molecular flexibility index (Phi) is 9.45. The zero-order valence-corrected chi connectivity index (χ0v) is 23.4. The first kappa shape index (κ1) is 28.7. The zero-order valence-electron chi connectivity index (χ0n) is 23.4. The lowest BCUT2D eigenvalue weighted by Crippen LogP contribution is -2.38. The third-order valence-electron chi connectivity index (χ3n) is 7.19. The van der Waals surface area contributed by atoms with Gasteiger partial charge in [0.15, 0.2) is 11.5 Å². The summed E-state index contributed by atoms with van der Waals surface area (Å²) in [6.07, 6.45) is 0. The molecule has 1 N–H and O–H groups in total. The molecular weight excluding hydrogens is 508 g/mol. The van der Waals surface area contributed by atoms with Crippen LogP contribution in [0.3, 0.4) is 0 Å². The fourth-order valence-corrected chi connectivity index (χ4v) is 4.87. The van der Waals surface area contributed by atoms with Crippen LogP contribution in [0.1, 0.15) is 36.6 Å². The molecule has 8 heteroatoms. The van der Waals surface area contributed by atoms with Gasteiger partial charge in [-0.2, -0.15) is 0 Å². The Bertz CT molecular complexity index is 1350. The van der Waals surface area contributed by atoms with Gasteiger partial charge in [0.2, 0.25) is 0 Å². The number of likely N-dealkylation sites (N-methyl/N-ethyl adjacent to an activating group) is 1. The van der Waals surface area contributed by atoms with E-state index in [1.807, 2.05) is 54.6 Å². The quantitative estimate of drug-likeness (QED) is 0.194. The fourth-order valence-electron chi connectivity index (χ4n) is 4.87. The van der Waals surface area contributed by atoms with Crippen molar-refractivity contribution in [2.75, 3.05) is 40.4 Å². The van der Waals surface area contributed by atoms with E-state index in [9.17, 15) is 14.7 Å². The summed E-state index contributed by atoms with van der Waals surface area (Å²) in [5, 5.41) is 11.4. The average Bonchev–Trinajstić information content (AvgIpc) is 3.25. The molecule has 0 aromatic heterocycles. The Hall–Kier alpha value is -4.30. The normalized spacial score (nSPS) is 16.4. The van der Waals surface area contributed by atoms with Gasteiger partial charge in [-0.1, -0.05) is 56.3 Å². The number of amides is 1. The first-order chi connectivity index (χ1) is 19.4. The molecule has 1 unspecified atom stereocenters. The van der Waals surface area contributed by atoms with Crippen molar-refractivity contribution < 1.29 is 28.9 Å². The topological polar surface area (TPSA) is 88.5 Å². The number of carbonyl (C=O) groups is 2. The first-order valence-electron chi connectivity index (χ1n) is 13.4. The number of ketones is 1. The van der Waals surface area contributed by atoms with Gasteiger partial charge in [-0.15, -0.1) is 0 Å². The van der Waals surface area contributed by atoms with Crippen LogP contribution in [0.5, 0.6) is 17.2 Å². The number of carbonyl (C=O) groups excluding carboxylic acids is 2. The molecule has 8 nitrogen and oxygen atoms in total. The van der Waals surface area contributed by atoms with Gasteiger partial charge in [0.25, 0.3) is 11.7 Å². The molecule has 0 saturated carbocycles. The number of methoxy groups -OCH3 is 2. The summed E-state index contributed by atoms with van der Waals surface area (Å²) in [5.74, 6) is -0.0726. The minimum absolute atomic E-state index is 0.0368. The van der Waals surface area contributed by atoms with Crippen LogP contribution >= 0.6 is 0 Å². The van der Waals surface area contributed by atoms with E-state index in [4.69, 9.17) is 14.2 Å². The Morgan fingerprint density at radius 3 is 2.20 bits per heavy atom. The number of aliphatic hydroxyl groups is 1. The largest absolute Gasteiger partial charge is 0.507 e. The second-order valence-electron chi connectivity index (χ2n) is 9.43. The second kappa shape index (κ2) is 13.2. The smallest absolute Gasteiger partial charge is 0.295 e. The number of Topliss-reactive ketones (excluding diaryl/α,β-unsaturated/α-hetero) is 1. The molecule has 1 atom stereocenters. The highest BCUT2D eigenvalue weighted by molar-refractivity contribution is 6.46. The second-order valence-corrected chi connectivity index (χ2v) is 9.43. The van der Waals surface area contributed by atoms with Crippen LogP contribution in [-0.4, -0.2) is 67.0 Å². The molecule has 1 fully saturated rings. The van der Waals surface area contributed by atoms with E-state index in [0.29, 0.717) is 48.1 Å². The van der Waals surface area contributed by atoms with Crippen LogP contribution in [0.15, 0.2) is 78.4 Å². The first-order valence-corrected chi connectivity index (χ1v) is 13.4. The van der Waals surface area contributed by atoms with Crippen LogP contribution in [0.25, 0.3) is 5.76 Å². The minimum Gasteiger partial charge on any atom is -0.507 e. The highest BCUT2D eigenvalue weighted by Gasteiger charge is 2.46. The molecule has 0 spiro atoms. The molecule has 4 rings (SSSR count). The minimum atomic E-state index is -0.758. The molecule has 0 radical (unpaired) electrons. The summed E-state index contributed by atoms with van der Waals surface area (Å²) >= 11 is 0. The highest BCUT2D eigenvalue weighted by atomic mass is 16.5. The number of likely N-dealkylation sites (tertiary alicyclic amines) is 1. The summed E-state index contributed by atoms with van der Waals surface area (Å²) in [4.78, 5) is 30.5. The molecule has 1 aliphatic heterocycles. The number of benzene rings is 3. The highest BCUT2D eigenvalue weighted by Crippen LogP contribution is 2.41. The SMILES string of the molecule is CCN(CC)CCN1C(=O)C(=O)/C(=C(/O)c2ccc(OC)c(OC)c2)C1c1ccc(OCc2ccccc2)cc1. The van der Waals surface area contributed by atoms with E-state index in [1.54, 1.807) is 23.1 Å². The predicted molar refractivity (Wildman–Crippen MR) is 154 cm³/mol. The fraction of sp³-hybridized carbons (Fsp3) is 0.312. The molecule has 210 valence electrons. The van der Waals surface area contributed by atoms with Crippen LogP contribution < -0.4 is 14.2 Å². The van der Waals surface area contributed by atoms with Gasteiger partial charge in [0.1, 0.15) is 18.1 Å². The van der Waals surface area contributed by atoms with Crippen LogP contribution in [-0.2, 0) is 16.2 Å². The van der Waals surface area contributed by atoms with Crippen molar-refractivity contribution >= 4 is 17.4 Å². The number of rotatable bonds is 12. The summed E-state index contributed by atoms with van der Waals surface area (Å²) < 4.78 is 16.6. The van der Waals surface area contributed by atoms with Crippen molar-refractivity contribution in [1.29, 1.82) is 0 Å². The van der Waals surface area contributed by atoms with E-state index in [0.717, 1.165) is 18.7 Å². The molecule has 0 bridgehead atoms. The molecule has 1 heterocycles. The van der Waals surface area contributed by atoms with E-state index in [2.05, 4.69) is 18.7 Å². The van der Waals surface area contributed by atoms with Gasteiger partial charge < -0.3 is 29.1 Å². The molecule has 40 heavy (non-hydrogen) atoms. The number of hydrogen-bond donors (Lipinski definition) is 1. The molecule has 1 aliphatic rings. The lowest BCUT2D eigenvalue weighted by molar-refractivity contribution is -0.140. The van der Waals surface area contributed by atoms with Crippen molar-refractivity contribution in [1.82, 2.24) is 9.80 Å². The predicted octanol–water partition coefficient (Wildman–Crippen LogP) is 5.05. The maximum Gasteiger partial charge on any atom is 0.295 e. The van der Waals surface area contributed by atoms with Crippen molar-refractivity contribution in [2.24, 2.45) is 0 Å². The van der Waals surface area contributed by atoms with Crippen LogP contribution in [0.2, 0.25) is 0 Å². The van der Waals surface area contributed by atoms with Gasteiger partial charge in [0.05, 0.1) is 25.8 Å². The Morgan fingerprint density at radius 1 is 0.900 bits per heavy atom. The molecular formula is C32H36N2O6. The van der Waals surface area contributed by atoms with Crippen molar-refractivity contribution in [3.8, 4) is 17.2 Å². The van der Waals surface area contributed by atoms with E-state index >= 15 is 0 Å². The third-order valence-corrected chi connectivity index (χ3v) is 7.19. The van der Waals surface area contributed by atoms with E-state index in [1.165, 1.54) is 14.2 Å². The van der Waals surface area contributed by atoms with Gasteiger partial charge in [0, 0.05) is 18.7 Å². The number of nitrogens with zero attached hydrogens (tertiary/aromatic N) is 2. The number of aliphatic hydroxyl groups excluding tert-OH is 1. The Morgan fingerprint density at radius 2 is 1.57 bits per heavy atom. The van der Waals surface area contributed by atoms with Crippen LogP contribution in [0, 0.1) is 0 Å².